The summed E-state index contributed by atoms with van der Waals surface area (Å²) in [5, 5.41) is 9.52. The normalized spacial score (nSPS) is 11.9. The van der Waals surface area contributed by atoms with Crippen molar-refractivity contribution < 1.29 is 9.53 Å². The highest BCUT2D eigenvalue weighted by Crippen LogP contribution is 2.13. The fraction of sp³-hybridized carbons (Fsp3) is 0.286. The number of benzene rings is 1. The molecule has 0 saturated heterocycles. The molecule has 0 spiro atoms. The Morgan fingerprint density at radius 3 is 2.74 bits per heavy atom. The van der Waals surface area contributed by atoms with Gasteiger partial charge in [-0.3, -0.25) is 9.89 Å². The highest BCUT2D eigenvalue weighted by Gasteiger charge is 2.10. The molecule has 0 aliphatic heterocycles. The second-order valence-corrected chi connectivity index (χ2v) is 4.35. The lowest BCUT2D eigenvalue weighted by Gasteiger charge is -2.12. The molecule has 2 N–H and O–H groups in total. The number of nitrogens with zero attached hydrogens (tertiary/aromatic N) is 1. The summed E-state index contributed by atoms with van der Waals surface area (Å²) in [6.45, 7) is 1.93. The predicted molar refractivity (Wildman–Crippen MR) is 71.8 cm³/mol. The Morgan fingerprint density at radius 1 is 1.42 bits per heavy atom. The first-order valence-corrected chi connectivity index (χ1v) is 6.10. The number of carbonyl (C=O) groups is 1. The Labute approximate surface area is 112 Å². The van der Waals surface area contributed by atoms with Gasteiger partial charge < -0.3 is 10.1 Å². The maximum atomic E-state index is 11.9. The zero-order chi connectivity index (χ0) is 13.7. The molecule has 0 aliphatic rings. The summed E-state index contributed by atoms with van der Waals surface area (Å²) < 4.78 is 5.08. The number of H-pyrrole nitrogens is 1. The smallest absolute Gasteiger partial charge is 0.224 e. The molecule has 0 radical (unpaired) electrons. The van der Waals surface area contributed by atoms with E-state index in [1.165, 1.54) is 0 Å². The van der Waals surface area contributed by atoms with E-state index in [1.54, 1.807) is 19.5 Å². The lowest BCUT2D eigenvalue weighted by molar-refractivity contribution is -0.121. The average molecular weight is 259 g/mol. The quantitative estimate of drug-likeness (QED) is 0.861. The molecule has 5 nitrogen and oxygen atoms in total. The molecule has 5 heteroatoms. The van der Waals surface area contributed by atoms with E-state index in [0.717, 1.165) is 16.9 Å². The fourth-order valence-corrected chi connectivity index (χ4v) is 1.80. The van der Waals surface area contributed by atoms with Crippen molar-refractivity contribution in [3.63, 3.8) is 0 Å². The third-order valence-electron chi connectivity index (χ3n) is 2.92. The van der Waals surface area contributed by atoms with Crippen LogP contribution in [0.1, 0.15) is 24.1 Å². The molecule has 0 fully saturated rings. The Kier molecular flexibility index (Phi) is 4.18. The third-order valence-corrected chi connectivity index (χ3v) is 2.92. The average Bonchev–Trinajstić information content (AvgIpc) is 2.93. The molecule has 0 saturated carbocycles. The second-order valence-electron chi connectivity index (χ2n) is 4.35. The van der Waals surface area contributed by atoms with E-state index in [-0.39, 0.29) is 11.9 Å². The first-order valence-electron chi connectivity index (χ1n) is 6.10. The van der Waals surface area contributed by atoms with Crippen molar-refractivity contribution >= 4 is 5.91 Å². The number of aromatic amines is 1. The topological polar surface area (TPSA) is 67.0 Å². The van der Waals surface area contributed by atoms with Gasteiger partial charge in [0.2, 0.25) is 5.91 Å². The first-order chi connectivity index (χ1) is 9.19. The van der Waals surface area contributed by atoms with Gasteiger partial charge in [0.1, 0.15) is 5.75 Å². The molecule has 1 atom stereocenters. The van der Waals surface area contributed by atoms with Crippen molar-refractivity contribution in [1.29, 1.82) is 0 Å². The highest BCUT2D eigenvalue weighted by atomic mass is 16.5. The molecule has 100 valence electrons. The summed E-state index contributed by atoms with van der Waals surface area (Å²) in [7, 11) is 1.62. The molecule has 0 bridgehead atoms. The number of methoxy groups -OCH3 is 1. The maximum absolute atomic E-state index is 11.9. The number of amides is 1. The molecule has 1 heterocycles. The molecule has 2 rings (SSSR count). The van der Waals surface area contributed by atoms with Gasteiger partial charge >= 0.3 is 0 Å². The van der Waals surface area contributed by atoms with E-state index in [1.807, 2.05) is 31.2 Å². The zero-order valence-corrected chi connectivity index (χ0v) is 11.0. The van der Waals surface area contributed by atoms with Gasteiger partial charge in [-0.15, -0.1) is 0 Å². The molecule has 0 aliphatic carbocycles. The summed E-state index contributed by atoms with van der Waals surface area (Å²) in [4.78, 5) is 11.9. The minimum atomic E-state index is -0.0514. The Bertz CT molecular complexity index is 520. The largest absolute Gasteiger partial charge is 0.497 e. The standard InChI is InChI=1S/C14H17N3O2/c1-10(12-8-15-16-9-12)17-14(18)7-11-3-5-13(19-2)6-4-11/h3-6,8-10H,7H2,1-2H3,(H,15,16)(H,17,18). The maximum Gasteiger partial charge on any atom is 0.224 e. The minimum absolute atomic E-state index is 0.0149. The summed E-state index contributed by atoms with van der Waals surface area (Å²) in [5.41, 5.74) is 1.92. The number of nitrogens with one attached hydrogen (secondary N) is 2. The van der Waals surface area contributed by atoms with Crippen molar-refractivity contribution in [3.05, 3.63) is 47.8 Å². The number of carbonyl (C=O) groups excluding carboxylic acids is 1. The van der Waals surface area contributed by atoms with Crippen molar-refractivity contribution in [2.75, 3.05) is 7.11 Å². The van der Waals surface area contributed by atoms with Crippen LogP contribution in [-0.4, -0.2) is 23.2 Å². The van der Waals surface area contributed by atoms with Gasteiger partial charge in [-0.2, -0.15) is 5.10 Å². The molecular formula is C14H17N3O2. The van der Waals surface area contributed by atoms with Crippen LogP contribution >= 0.6 is 0 Å². The molecule has 2 aromatic rings. The van der Waals surface area contributed by atoms with Crippen LogP contribution in [-0.2, 0) is 11.2 Å². The molecule has 1 aromatic heterocycles. The Hall–Kier alpha value is -2.30. The molecule has 1 aromatic carbocycles. The number of rotatable bonds is 5. The summed E-state index contributed by atoms with van der Waals surface area (Å²) in [5.74, 6) is 0.773. The van der Waals surface area contributed by atoms with Crippen LogP contribution in [0.15, 0.2) is 36.7 Å². The van der Waals surface area contributed by atoms with E-state index < -0.39 is 0 Å². The Morgan fingerprint density at radius 2 is 2.16 bits per heavy atom. The van der Waals surface area contributed by atoms with E-state index >= 15 is 0 Å². The summed E-state index contributed by atoms with van der Waals surface area (Å²) in [6, 6.07) is 7.43. The van der Waals surface area contributed by atoms with Gasteiger partial charge in [-0.25, -0.2) is 0 Å². The third kappa shape index (κ3) is 3.58. The number of hydrogen-bond acceptors (Lipinski definition) is 3. The second kappa shape index (κ2) is 6.04. The van der Waals surface area contributed by atoms with Gasteiger partial charge in [0.15, 0.2) is 0 Å². The van der Waals surface area contributed by atoms with Crippen molar-refractivity contribution in [3.8, 4) is 5.75 Å². The van der Waals surface area contributed by atoms with Crippen molar-refractivity contribution in [2.24, 2.45) is 0 Å². The highest BCUT2D eigenvalue weighted by molar-refractivity contribution is 5.79. The van der Waals surface area contributed by atoms with Crippen LogP contribution in [0, 0.1) is 0 Å². The lowest BCUT2D eigenvalue weighted by Crippen LogP contribution is -2.27. The van der Waals surface area contributed by atoms with E-state index in [0.29, 0.717) is 6.42 Å². The summed E-state index contributed by atoms with van der Waals surface area (Å²) in [6.07, 6.45) is 3.84. The molecule has 19 heavy (non-hydrogen) atoms. The van der Waals surface area contributed by atoms with Gasteiger partial charge in [-0.05, 0) is 24.6 Å². The van der Waals surface area contributed by atoms with Gasteiger partial charge in [0.25, 0.3) is 0 Å². The van der Waals surface area contributed by atoms with Crippen LogP contribution in [0.4, 0.5) is 0 Å². The van der Waals surface area contributed by atoms with E-state index in [9.17, 15) is 4.79 Å². The van der Waals surface area contributed by atoms with Crippen LogP contribution in [0.2, 0.25) is 0 Å². The Balaban J connectivity index is 1.90. The summed E-state index contributed by atoms with van der Waals surface area (Å²) >= 11 is 0. The molecule has 1 unspecified atom stereocenters. The monoisotopic (exact) mass is 259 g/mol. The SMILES string of the molecule is COc1ccc(CC(=O)NC(C)c2cn[nH]c2)cc1. The fourth-order valence-electron chi connectivity index (χ4n) is 1.80. The van der Waals surface area contributed by atoms with Crippen molar-refractivity contribution in [2.45, 2.75) is 19.4 Å². The van der Waals surface area contributed by atoms with Crippen LogP contribution in [0.25, 0.3) is 0 Å². The number of hydrogen-bond donors (Lipinski definition) is 2. The number of aromatic nitrogens is 2. The van der Waals surface area contributed by atoms with Crippen LogP contribution in [0.3, 0.4) is 0 Å². The zero-order valence-electron chi connectivity index (χ0n) is 11.0. The van der Waals surface area contributed by atoms with Crippen molar-refractivity contribution in [1.82, 2.24) is 15.5 Å². The lowest BCUT2D eigenvalue weighted by atomic mass is 10.1. The first kappa shape index (κ1) is 13.1. The van der Waals surface area contributed by atoms with Crippen LogP contribution in [0.5, 0.6) is 5.75 Å². The van der Waals surface area contributed by atoms with Crippen LogP contribution < -0.4 is 10.1 Å². The number of ether oxygens (including phenoxy) is 1. The van der Waals surface area contributed by atoms with E-state index in [4.69, 9.17) is 4.74 Å². The molecular weight excluding hydrogens is 242 g/mol. The predicted octanol–water partition coefficient (Wildman–Crippen LogP) is 1.84. The van der Waals surface area contributed by atoms with Gasteiger partial charge in [-0.1, -0.05) is 12.1 Å². The minimum Gasteiger partial charge on any atom is -0.497 e. The van der Waals surface area contributed by atoms with Gasteiger partial charge in [0, 0.05) is 11.8 Å². The van der Waals surface area contributed by atoms with Gasteiger partial charge in [0.05, 0.1) is 25.8 Å². The van der Waals surface area contributed by atoms with E-state index in [2.05, 4.69) is 15.5 Å². The molecule has 1 amide bonds.